The molecule has 2 heterocycles. The Morgan fingerprint density at radius 3 is 3.13 bits per heavy atom. The summed E-state index contributed by atoms with van der Waals surface area (Å²) >= 11 is 0. The Morgan fingerprint density at radius 1 is 1.60 bits per heavy atom. The SMILES string of the molecule is NC(=O)C1CNC(=O)c2cccnc2C1. The lowest BCUT2D eigenvalue weighted by Crippen LogP contribution is -2.34. The number of carbonyl (C=O) groups is 2. The van der Waals surface area contributed by atoms with E-state index in [0.717, 1.165) is 0 Å². The van der Waals surface area contributed by atoms with Gasteiger partial charge in [0.15, 0.2) is 0 Å². The maximum atomic E-state index is 11.6. The van der Waals surface area contributed by atoms with Crippen molar-refractivity contribution in [1.82, 2.24) is 10.3 Å². The van der Waals surface area contributed by atoms with Crippen LogP contribution in [0.15, 0.2) is 18.3 Å². The van der Waals surface area contributed by atoms with Crippen LogP contribution in [0.5, 0.6) is 0 Å². The first-order valence-electron chi connectivity index (χ1n) is 4.70. The van der Waals surface area contributed by atoms with Gasteiger partial charge in [-0.25, -0.2) is 0 Å². The van der Waals surface area contributed by atoms with Crippen LogP contribution >= 0.6 is 0 Å². The van der Waals surface area contributed by atoms with Crippen LogP contribution in [0.3, 0.4) is 0 Å². The van der Waals surface area contributed by atoms with Crippen molar-refractivity contribution in [1.29, 1.82) is 0 Å². The second kappa shape index (κ2) is 3.68. The Balaban J connectivity index is 2.38. The molecule has 0 fully saturated rings. The summed E-state index contributed by atoms with van der Waals surface area (Å²) in [7, 11) is 0. The molecule has 5 nitrogen and oxygen atoms in total. The summed E-state index contributed by atoms with van der Waals surface area (Å²) in [5.41, 5.74) is 6.39. The first kappa shape index (κ1) is 9.64. The highest BCUT2D eigenvalue weighted by atomic mass is 16.2. The minimum atomic E-state index is -0.409. The van der Waals surface area contributed by atoms with Gasteiger partial charge in [-0.15, -0.1) is 0 Å². The summed E-state index contributed by atoms with van der Waals surface area (Å²) < 4.78 is 0. The number of primary amides is 1. The van der Waals surface area contributed by atoms with E-state index in [-0.39, 0.29) is 18.4 Å². The van der Waals surface area contributed by atoms with E-state index < -0.39 is 5.91 Å². The van der Waals surface area contributed by atoms with E-state index in [9.17, 15) is 9.59 Å². The van der Waals surface area contributed by atoms with Gasteiger partial charge in [-0.1, -0.05) is 0 Å². The predicted octanol–water partition coefficient (Wildman–Crippen LogP) is -0.531. The molecule has 15 heavy (non-hydrogen) atoms. The summed E-state index contributed by atoms with van der Waals surface area (Å²) in [4.78, 5) is 26.7. The number of nitrogens with two attached hydrogens (primary N) is 1. The van der Waals surface area contributed by atoms with Crippen molar-refractivity contribution in [3.63, 3.8) is 0 Å². The van der Waals surface area contributed by atoms with Gasteiger partial charge >= 0.3 is 0 Å². The van der Waals surface area contributed by atoms with Crippen LogP contribution in [0.1, 0.15) is 16.1 Å². The highest BCUT2D eigenvalue weighted by Crippen LogP contribution is 2.14. The third-order valence-electron chi connectivity index (χ3n) is 2.49. The van der Waals surface area contributed by atoms with E-state index in [1.165, 1.54) is 0 Å². The van der Waals surface area contributed by atoms with Gasteiger partial charge < -0.3 is 11.1 Å². The molecular weight excluding hydrogens is 194 g/mol. The van der Waals surface area contributed by atoms with Gasteiger partial charge in [0.05, 0.1) is 17.2 Å². The lowest BCUT2D eigenvalue weighted by molar-refractivity contribution is -0.121. The van der Waals surface area contributed by atoms with Crippen LogP contribution in [0.2, 0.25) is 0 Å². The van der Waals surface area contributed by atoms with E-state index in [4.69, 9.17) is 5.73 Å². The molecule has 1 atom stereocenters. The van der Waals surface area contributed by atoms with E-state index in [2.05, 4.69) is 10.3 Å². The molecule has 0 bridgehead atoms. The lowest BCUT2D eigenvalue weighted by Gasteiger charge is -2.08. The standard InChI is InChI=1S/C10H11N3O2/c11-9(14)6-4-8-7(2-1-3-12-8)10(15)13-5-6/h1-3,6H,4-5H2,(H2,11,14)(H,13,15). The van der Waals surface area contributed by atoms with Gasteiger partial charge in [-0.2, -0.15) is 0 Å². The number of rotatable bonds is 1. The van der Waals surface area contributed by atoms with Gasteiger partial charge in [-0.3, -0.25) is 14.6 Å². The molecule has 1 aliphatic heterocycles. The molecule has 1 unspecified atom stereocenters. The van der Waals surface area contributed by atoms with Crippen molar-refractivity contribution in [2.75, 3.05) is 6.54 Å². The number of amides is 2. The molecule has 2 amide bonds. The summed E-state index contributed by atoms with van der Waals surface area (Å²) in [6.45, 7) is 0.282. The normalized spacial score (nSPS) is 20.0. The highest BCUT2D eigenvalue weighted by Gasteiger charge is 2.25. The van der Waals surface area contributed by atoms with Crippen molar-refractivity contribution in [2.45, 2.75) is 6.42 Å². The Morgan fingerprint density at radius 2 is 2.40 bits per heavy atom. The molecule has 1 aromatic rings. The molecule has 0 radical (unpaired) electrons. The van der Waals surface area contributed by atoms with Crippen molar-refractivity contribution in [3.8, 4) is 0 Å². The molecule has 3 N–H and O–H groups in total. The quantitative estimate of drug-likeness (QED) is 0.646. The Labute approximate surface area is 86.7 Å². The molecular formula is C10H11N3O2. The third-order valence-corrected chi connectivity index (χ3v) is 2.49. The first-order chi connectivity index (χ1) is 7.18. The number of hydrogen-bond acceptors (Lipinski definition) is 3. The maximum absolute atomic E-state index is 11.6. The number of nitrogens with one attached hydrogen (secondary N) is 1. The summed E-state index contributed by atoms with van der Waals surface area (Å²) in [6, 6.07) is 3.39. The predicted molar refractivity (Wildman–Crippen MR) is 53.0 cm³/mol. The molecule has 5 heteroatoms. The topological polar surface area (TPSA) is 85.1 Å². The van der Waals surface area contributed by atoms with Crippen molar-refractivity contribution >= 4 is 11.8 Å². The molecule has 1 aliphatic rings. The van der Waals surface area contributed by atoms with Crippen molar-refractivity contribution in [2.24, 2.45) is 11.7 Å². The fraction of sp³-hybridized carbons (Fsp3) is 0.300. The molecule has 0 aromatic carbocycles. The Bertz CT molecular complexity index is 417. The minimum absolute atomic E-state index is 0.193. The molecule has 1 aromatic heterocycles. The zero-order valence-corrected chi connectivity index (χ0v) is 8.06. The molecule has 78 valence electrons. The molecule has 0 aliphatic carbocycles. The zero-order chi connectivity index (χ0) is 10.8. The molecule has 0 saturated heterocycles. The summed E-state index contributed by atoms with van der Waals surface area (Å²) in [6.07, 6.45) is 2.03. The second-order valence-electron chi connectivity index (χ2n) is 3.51. The van der Waals surface area contributed by atoms with Crippen LogP contribution in [0, 0.1) is 5.92 Å². The number of carbonyl (C=O) groups excluding carboxylic acids is 2. The van der Waals surface area contributed by atoms with Crippen LogP contribution < -0.4 is 11.1 Å². The lowest BCUT2D eigenvalue weighted by atomic mass is 10.0. The monoisotopic (exact) mass is 205 g/mol. The van der Waals surface area contributed by atoms with Crippen LogP contribution in [0.4, 0.5) is 0 Å². The third kappa shape index (κ3) is 1.81. The Kier molecular flexibility index (Phi) is 2.37. The first-order valence-corrected chi connectivity index (χ1v) is 4.70. The van der Waals surface area contributed by atoms with Gasteiger partial charge in [-0.05, 0) is 12.1 Å². The average Bonchev–Trinajstić information content (AvgIpc) is 2.39. The van der Waals surface area contributed by atoms with E-state index in [0.29, 0.717) is 17.7 Å². The van der Waals surface area contributed by atoms with Crippen LogP contribution in [-0.2, 0) is 11.2 Å². The smallest absolute Gasteiger partial charge is 0.253 e. The number of pyridine rings is 1. The van der Waals surface area contributed by atoms with Crippen LogP contribution in [0.25, 0.3) is 0 Å². The number of aromatic nitrogens is 1. The average molecular weight is 205 g/mol. The van der Waals surface area contributed by atoms with E-state index >= 15 is 0 Å². The van der Waals surface area contributed by atoms with Crippen molar-refractivity contribution < 1.29 is 9.59 Å². The van der Waals surface area contributed by atoms with Gasteiger partial charge in [0.1, 0.15) is 0 Å². The zero-order valence-electron chi connectivity index (χ0n) is 8.06. The number of nitrogens with zero attached hydrogens (tertiary/aromatic N) is 1. The Hall–Kier alpha value is -1.91. The number of fused-ring (bicyclic) bond motifs is 1. The summed E-state index contributed by atoms with van der Waals surface area (Å²) in [5, 5.41) is 2.65. The molecule has 0 spiro atoms. The maximum Gasteiger partial charge on any atom is 0.253 e. The van der Waals surface area contributed by atoms with Crippen molar-refractivity contribution in [3.05, 3.63) is 29.6 Å². The largest absolute Gasteiger partial charge is 0.369 e. The molecule has 2 rings (SSSR count). The van der Waals surface area contributed by atoms with E-state index in [1.807, 2.05) is 0 Å². The van der Waals surface area contributed by atoms with E-state index in [1.54, 1.807) is 18.3 Å². The minimum Gasteiger partial charge on any atom is -0.369 e. The summed E-state index contributed by atoms with van der Waals surface area (Å²) in [5.74, 6) is -0.972. The van der Waals surface area contributed by atoms with Gasteiger partial charge in [0.2, 0.25) is 5.91 Å². The molecule has 0 saturated carbocycles. The van der Waals surface area contributed by atoms with Crippen LogP contribution in [-0.4, -0.2) is 23.3 Å². The van der Waals surface area contributed by atoms with Gasteiger partial charge in [0.25, 0.3) is 5.91 Å². The second-order valence-corrected chi connectivity index (χ2v) is 3.51. The highest BCUT2D eigenvalue weighted by molar-refractivity contribution is 5.96. The fourth-order valence-corrected chi connectivity index (χ4v) is 1.63. The fourth-order valence-electron chi connectivity index (χ4n) is 1.63. The van der Waals surface area contributed by atoms with Gasteiger partial charge in [0, 0.05) is 19.2 Å². The number of hydrogen-bond donors (Lipinski definition) is 2.